The zero-order valence-corrected chi connectivity index (χ0v) is 20.7. The van der Waals surface area contributed by atoms with Gasteiger partial charge in [-0.05, 0) is 62.9 Å². The van der Waals surface area contributed by atoms with Gasteiger partial charge in [-0.15, -0.1) is 6.42 Å². The fraction of sp³-hybridized carbons (Fsp3) is 0.677. The Morgan fingerprint density at radius 3 is 1.38 bits per heavy atom. The number of aliphatic hydroxyl groups is 1. The van der Waals surface area contributed by atoms with Crippen molar-refractivity contribution in [3.63, 3.8) is 0 Å². The summed E-state index contributed by atoms with van der Waals surface area (Å²) in [5.74, 6) is 13.5. The van der Waals surface area contributed by atoms with E-state index in [4.69, 9.17) is 11.5 Å². The van der Waals surface area contributed by atoms with E-state index in [1.165, 1.54) is 116 Å². The van der Waals surface area contributed by atoms with Crippen molar-refractivity contribution < 1.29 is 5.11 Å². The van der Waals surface area contributed by atoms with Crippen LogP contribution in [0.2, 0.25) is 0 Å². The molecule has 0 unspecified atom stereocenters. The number of rotatable bonds is 21. The van der Waals surface area contributed by atoms with Crippen LogP contribution in [0.4, 0.5) is 0 Å². The number of terminal acetylenes is 1. The molecule has 0 saturated heterocycles. The van der Waals surface area contributed by atoms with E-state index in [1.807, 2.05) is 6.08 Å². The summed E-state index contributed by atoms with van der Waals surface area (Å²) in [6.45, 7) is -0.0972. The Labute approximate surface area is 200 Å². The van der Waals surface area contributed by atoms with E-state index in [0.717, 1.165) is 12.8 Å². The third kappa shape index (κ3) is 28.1. The molecule has 1 heteroatoms. The minimum absolute atomic E-state index is 0.0972. The summed E-state index contributed by atoms with van der Waals surface area (Å²) in [4.78, 5) is 0. The molecule has 0 aromatic carbocycles. The second kappa shape index (κ2) is 29.1. The highest BCUT2D eigenvalue weighted by atomic mass is 16.2. The Bertz CT molecular complexity index is 596. The van der Waals surface area contributed by atoms with Crippen LogP contribution < -0.4 is 0 Å². The number of hydrogen-bond acceptors (Lipinski definition) is 1. The molecule has 0 spiro atoms. The Morgan fingerprint density at radius 1 is 0.500 bits per heavy atom. The molecule has 0 rings (SSSR count). The minimum atomic E-state index is -0.0972. The molecule has 0 saturated carbocycles. The maximum Gasteiger partial charge on any atom is 0.105 e. The van der Waals surface area contributed by atoms with Crippen LogP contribution in [0.25, 0.3) is 0 Å². The lowest BCUT2D eigenvalue weighted by atomic mass is 10.1. The van der Waals surface area contributed by atoms with Crippen LogP contribution in [0.15, 0.2) is 24.3 Å². The van der Waals surface area contributed by atoms with E-state index < -0.39 is 0 Å². The number of aliphatic hydroxyl groups excluding tert-OH is 1. The topological polar surface area (TPSA) is 20.2 Å². The largest absolute Gasteiger partial charge is 0.384 e. The van der Waals surface area contributed by atoms with Crippen molar-refractivity contribution in [1.29, 1.82) is 0 Å². The summed E-state index contributed by atoms with van der Waals surface area (Å²) in [5.41, 5.74) is 0. The summed E-state index contributed by atoms with van der Waals surface area (Å²) >= 11 is 0. The van der Waals surface area contributed by atoms with Gasteiger partial charge in [0, 0.05) is 6.42 Å². The molecular weight excluding hydrogens is 388 g/mol. The molecule has 0 atom stereocenters. The van der Waals surface area contributed by atoms with Gasteiger partial charge < -0.3 is 5.11 Å². The second-order valence-electron chi connectivity index (χ2n) is 8.57. The van der Waals surface area contributed by atoms with E-state index >= 15 is 0 Å². The van der Waals surface area contributed by atoms with Crippen molar-refractivity contribution in [2.24, 2.45) is 0 Å². The molecule has 1 N–H and O–H groups in total. The fourth-order valence-electron chi connectivity index (χ4n) is 3.70. The maximum atomic E-state index is 8.51. The zero-order chi connectivity index (χ0) is 23.2. The smallest absolute Gasteiger partial charge is 0.105 e. The van der Waals surface area contributed by atoms with Gasteiger partial charge in [0.05, 0.1) is 0 Å². The SMILES string of the molecule is C#CC=CCCCCCCCCCCC=CCCCCCCCCCCC#CC#CCO. The van der Waals surface area contributed by atoms with E-state index in [2.05, 4.69) is 47.8 Å². The Hall–Kier alpha value is -1.88. The van der Waals surface area contributed by atoms with E-state index in [0.29, 0.717) is 0 Å². The lowest BCUT2D eigenvalue weighted by molar-refractivity contribution is 0.350. The summed E-state index contributed by atoms with van der Waals surface area (Å²) in [7, 11) is 0. The van der Waals surface area contributed by atoms with E-state index in [1.54, 1.807) is 0 Å². The number of hydrogen-bond donors (Lipinski definition) is 1. The van der Waals surface area contributed by atoms with Gasteiger partial charge in [-0.25, -0.2) is 0 Å². The van der Waals surface area contributed by atoms with Gasteiger partial charge in [-0.3, -0.25) is 0 Å². The quantitative estimate of drug-likeness (QED) is 0.109. The van der Waals surface area contributed by atoms with Gasteiger partial charge in [-0.2, -0.15) is 0 Å². The first-order chi connectivity index (χ1) is 15.9. The summed E-state index contributed by atoms with van der Waals surface area (Å²) in [6, 6.07) is 0. The van der Waals surface area contributed by atoms with Crippen LogP contribution in [0.1, 0.15) is 128 Å². The first kappa shape index (κ1) is 30.1. The molecule has 32 heavy (non-hydrogen) atoms. The van der Waals surface area contributed by atoms with Crippen molar-refractivity contribution in [3.8, 4) is 36.0 Å². The second-order valence-corrected chi connectivity index (χ2v) is 8.57. The van der Waals surface area contributed by atoms with Crippen LogP contribution in [-0.4, -0.2) is 11.7 Å². The van der Waals surface area contributed by atoms with Crippen molar-refractivity contribution in [2.45, 2.75) is 128 Å². The van der Waals surface area contributed by atoms with Crippen molar-refractivity contribution in [3.05, 3.63) is 24.3 Å². The Morgan fingerprint density at radius 2 is 0.906 bits per heavy atom. The molecule has 0 fully saturated rings. The van der Waals surface area contributed by atoms with Gasteiger partial charge >= 0.3 is 0 Å². The highest BCUT2D eigenvalue weighted by molar-refractivity contribution is 5.25. The predicted octanol–water partition coefficient (Wildman–Crippen LogP) is 8.53. The first-order valence-corrected chi connectivity index (χ1v) is 13.2. The van der Waals surface area contributed by atoms with Crippen LogP contribution in [0.3, 0.4) is 0 Å². The molecule has 0 bridgehead atoms. The van der Waals surface area contributed by atoms with Crippen molar-refractivity contribution in [2.75, 3.05) is 6.61 Å². The molecule has 0 aromatic rings. The fourth-order valence-corrected chi connectivity index (χ4v) is 3.70. The van der Waals surface area contributed by atoms with Crippen LogP contribution in [0, 0.1) is 36.0 Å². The normalized spacial score (nSPS) is 10.6. The Balaban J connectivity index is 3.17. The number of unbranched alkanes of at least 4 members (excludes halogenated alkanes) is 18. The highest BCUT2D eigenvalue weighted by Crippen LogP contribution is 2.12. The van der Waals surface area contributed by atoms with E-state index in [-0.39, 0.29) is 6.61 Å². The zero-order valence-electron chi connectivity index (χ0n) is 20.7. The third-order valence-corrected chi connectivity index (χ3v) is 5.61. The molecule has 0 aliphatic carbocycles. The molecule has 0 aliphatic heterocycles. The number of allylic oxidation sites excluding steroid dienone is 4. The summed E-state index contributed by atoms with van der Waals surface area (Å²) in [5, 5.41) is 8.51. The van der Waals surface area contributed by atoms with Gasteiger partial charge in [0.15, 0.2) is 0 Å². The van der Waals surface area contributed by atoms with Gasteiger partial charge in [-0.1, -0.05) is 113 Å². The lowest BCUT2D eigenvalue weighted by Crippen LogP contribution is -1.82. The van der Waals surface area contributed by atoms with Crippen LogP contribution in [-0.2, 0) is 0 Å². The molecular formula is C31H48O. The van der Waals surface area contributed by atoms with Gasteiger partial charge in [0.1, 0.15) is 6.61 Å². The van der Waals surface area contributed by atoms with Crippen LogP contribution in [0.5, 0.6) is 0 Å². The molecule has 0 radical (unpaired) electrons. The molecule has 1 nitrogen and oxygen atoms in total. The summed E-state index contributed by atoms with van der Waals surface area (Å²) < 4.78 is 0. The van der Waals surface area contributed by atoms with Gasteiger partial charge in [0.2, 0.25) is 0 Å². The minimum Gasteiger partial charge on any atom is -0.384 e. The molecule has 178 valence electrons. The Kier molecular flexibility index (Phi) is 27.4. The third-order valence-electron chi connectivity index (χ3n) is 5.61. The highest BCUT2D eigenvalue weighted by Gasteiger charge is 1.93. The average molecular weight is 437 g/mol. The maximum absolute atomic E-state index is 8.51. The predicted molar refractivity (Wildman–Crippen MR) is 142 cm³/mol. The molecule has 0 heterocycles. The van der Waals surface area contributed by atoms with Crippen LogP contribution >= 0.6 is 0 Å². The molecule has 0 aliphatic rings. The molecule has 0 aromatic heterocycles. The summed E-state index contributed by atoms with van der Waals surface area (Å²) in [6.07, 6.45) is 40.1. The van der Waals surface area contributed by atoms with Crippen molar-refractivity contribution in [1.82, 2.24) is 0 Å². The van der Waals surface area contributed by atoms with E-state index in [9.17, 15) is 0 Å². The lowest BCUT2D eigenvalue weighted by Gasteiger charge is -2.01. The first-order valence-electron chi connectivity index (χ1n) is 13.2. The monoisotopic (exact) mass is 436 g/mol. The molecule has 0 amide bonds. The van der Waals surface area contributed by atoms with Crippen molar-refractivity contribution >= 4 is 0 Å². The average Bonchev–Trinajstić information content (AvgIpc) is 2.81. The standard InChI is InChI=1S/C31H48O/c1-2-3-4-5-6-7-8-9-10-11-12-13-14-15-16-17-18-19-20-21-22-23-24-25-26-27-28-29-30-31-32/h1,3-4,15-16,32H,5-14,17-26,31H2. The van der Waals surface area contributed by atoms with Gasteiger partial charge in [0.25, 0.3) is 0 Å².